The fraction of sp³-hybridized carbons (Fsp3) is 0.231. The zero-order chi connectivity index (χ0) is 12.1. The first kappa shape index (κ1) is 11.4. The quantitative estimate of drug-likeness (QED) is 0.875. The Bertz CT molecular complexity index is 473. The van der Waals surface area contributed by atoms with Crippen LogP contribution in [0, 0.1) is 0 Å². The molecule has 0 aliphatic carbocycles. The molecule has 2 aromatic rings. The van der Waals surface area contributed by atoms with Crippen molar-refractivity contribution in [2.75, 3.05) is 12.4 Å². The number of aromatic nitrogens is 2. The van der Waals surface area contributed by atoms with Crippen molar-refractivity contribution >= 4 is 5.82 Å². The van der Waals surface area contributed by atoms with E-state index in [2.05, 4.69) is 22.2 Å². The molecular weight excluding hydrogens is 214 g/mol. The summed E-state index contributed by atoms with van der Waals surface area (Å²) in [6, 6.07) is 7.81. The molecule has 0 saturated heterocycles. The van der Waals surface area contributed by atoms with Crippen molar-refractivity contribution in [3.05, 3.63) is 48.4 Å². The third kappa shape index (κ3) is 2.72. The largest absolute Gasteiger partial charge is 0.493 e. The van der Waals surface area contributed by atoms with Crippen molar-refractivity contribution in [2.24, 2.45) is 0 Å². The maximum absolute atomic E-state index is 5.24. The van der Waals surface area contributed by atoms with Crippen LogP contribution in [0.15, 0.2) is 42.9 Å². The number of ether oxygens (including phenoxy) is 1. The van der Waals surface area contributed by atoms with Crippen LogP contribution < -0.4 is 10.1 Å². The Hall–Kier alpha value is -2.10. The molecule has 17 heavy (non-hydrogen) atoms. The number of rotatable bonds is 4. The summed E-state index contributed by atoms with van der Waals surface area (Å²) < 4.78 is 5.24. The number of anilines is 1. The third-order valence-corrected chi connectivity index (χ3v) is 2.53. The standard InChI is InChI=1S/C13H15N3O/c1-10(11-5-3-7-14-9-11)16-13-12(17-2)6-4-8-15-13/h3-10H,1-2H3,(H,15,16). The average Bonchev–Trinajstić information content (AvgIpc) is 2.40. The molecule has 2 aromatic heterocycles. The molecule has 88 valence electrons. The number of hydrogen-bond acceptors (Lipinski definition) is 4. The first-order chi connectivity index (χ1) is 8.31. The smallest absolute Gasteiger partial charge is 0.169 e. The van der Waals surface area contributed by atoms with Crippen molar-refractivity contribution in [1.82, 2.24) is 9.97 Å². The first-order valence-corrected chi connectivity index (χ1v) is 5.46. The SMILES string of the molecule is COc1cccnc1NC(C)c1cccnc1. The highest BCUT2D eigenvalue weighted by Gasteiger charge is 2.09. The zero-order valence-corrected chi connectivity index (χ0v) is 9.92. The minimum atomic E-state index is 0.132. The van der Waals surface area contributed by atoms with E-state index < -0.39 is 0 Å². The maximum Gasteiger partial charge on any atom is 0.169 e. The number of hydrogen-bond donors (Lipinski definition) is 1. The summed E-state index contributed by atoms with van der Waals surface area (Å²) in [5.74, 6) is 1.48. The van der Waals surface area contributed by atoms with Crippen LogP contribution in [0.1, 0.15) is 18.5 Å². The van der Waals surface area contributed by atoms with Gasteiger partial charge in [-0.2, -0.15) is 0 Å². The topological polar surface area (TPSA) is 47.0 Å². The highest BCUT2D eigenvalue weighted by atomic mass is 16.5. The Morgan fingerprint density at radius 1 is 1.24 bits per heavy atom. The van der Waals surface area contributed by atoms with Crippen molar-refractivity contribution in [3.8, 4) is 5.75 Å². The van der Waals surface area contributed by atoms with E-state index in [-0.39, 0.29) is 6.04 Å². The van der Waals surface area contributed by atoms with Gasteiger partial charge in [0, 0.05) is 18.6 Å². The van der Waals surface area contributed by atoms with E-state index in [1.807, 2.05) is 30.5 Å². The van der Waals surface area contributed by atoms with Gasteiger partial charge in [0.2, 0.25) is 0 Å². The lowest BCUT2D eigenvalue weighted by Gasteiger charge is -2.16. The normalized spacial score (nSPS) is 11.9. The van der Waals surface area contributed by atoms with Crippen LogP contribution in [0.25, 0.3) is 0 Å². The second-order valence-corrected chi connectivity index (χ2v) is 3.71. The predicted molar refractivity (Wildman–Crippen MR) is 67.1 cm³/mol. The lowest BCUT2D eigenvalue weighted by atomic mass is 10.1. The highest BCUT2D eigenvalue weighted by molar-refractivity contribution is 5.50. The van der Waals surface area contributed by atoms with Gasteiger partial charge in [-0.3, -0.25) is 4.98 Å². The molecule has 1 unspecified atom stereocenters. The van der Waals surface area contributed by atoms with Gasteiger partial charge >= 0.3 is 0 Å². The summed E-state index contributed by atoms with van der Waals surface area (Å²) in [5.41, 5.74) is 1.11. The monoisotopic (exact) mass is 229 g/mol. The van der Waals surface area contributed by atoms with Gasteiger partial charge in [0.15, 0.2) is 11.6 Å². The van der Waals surface area contributed by atoms with E-state index in [0.29, 0.717) is 0 Å². The van der Waals surface area contributed by atoms with E-state index in [1.54, 1.807) is 19.5 Å². The summed E-state index contributed by atoms with van der Waals surface area (Å²) in [7, 11) is 1.64. The zero-order valence-electron chi connectivity index (χ0n) is 9.92. The molecule has 2 rings (SSSR count). The Labute approximate surface area is 101 Å². The molecule has 0 saturated carbocycles. The molecule has 4 nitrogen and oxygen atoms in total. The molecule has 0 spiro atoms. The van der Waals surface area contributed by atoms with Gasteiger partial charge in [-0.05, 0) is 30.7 Å². The molecule has 0 fully saturated rings. The second kappa shape index (κ2) is 5.30. The first-order valence-electron chi connectivity index (χ1n) is 5.46. The molecule has 4 heteroatoms. The van der Waals surface area contributed by atoms with E-state index in [1.165, 1.54) is 0 Å². The van der Waals surface area contributed by atoms with Crippen molar-refractivity contribution in [1.29, 1.82) is 0 Å². The second-order valence-electron chi connectivity index (χ2n) is 3.71. The Morgan fingerprint density at radius 2 is 2.06 bits per heavy atom. The number of nitrogens with zero attached hydrogens (tertiary/aromatic N) is 2. The lowest BCUT2D eigenvalue weighted by Crippen LogP contribution is -2.09. The van der Waals surface area contributed by atoms with Crippen LogP contribution in [0.3, 0.4) is 0 Å². The van der Waals surface area contributed by atoms with Gasteiger partial charge in [-0.1, -0.05) is 6.07 Å². The number of pyridine rings is 2. The molecule has 1 atom stereocenters. The lowest BCUT2D eigenvalue weighted by molar-refractivity contribution is 0.414. The summed E-state index contributed by atoms with van der Waals surface area (Å²) in [6.45, 7) is 2.06. The Balaban J connectivity index is 2.16. The number of methoxy groups -OCH3 is 1. The number of nitrogens with one attached hydrogen (secondary N) is 1. The predicted octanol–water partition coefficient (Wildman–Crippen LogP) is 2.66. The van der Waals surface area contributed by atoms with Crippen LogP contribution >= 0.6 is 0 Å². The van der Waals surface area contributed by atoms with Crippen molar-refractivity contribution < 1.29 is 4.74 Å². The molecule has 0 aromatic carbocycles. The van der Waals surface area contributed by atoms with Crippen molar-refractivity contribution in [3.63, 3.8) is 0 Å². The third-order valence-electron chi connectivity index (χ3n) is 2.53. The molecule has 0 radical (unpaired) electrons. The minimum Gasteiger partial charge on any atom is -0.493 e. The summed E-state index contributed by atoms with van der Waals surface area (Å²) in [4.78, 5) is 8.36. The average molecular weight is 229 g/mol. The Morgan fingerprint density at radius 3 is 2.76 bits per heavy atom. The molecule has 0 aliphatic heterocycles. The van der Waals surface area contributed by atoms with E-state index in [0.717, 1.165) is 17.1 Å². The van der Waals surface area contributed by atoms with Gasteiger partial charge in [0.25, 0.3) is 0 Å². The fourth-order valence-corrected chi connectivity index (χ4v) is 1.58. The van der Waals surface area contributed by atoms with Gasteiger partial charge in [-0.25, -0.2) is 4.98 Å². The van der Waals surface area contributed by atoms with Crippen LogP contribution in [0.5, 0.6) is 5.75 Å². The van der Waals surface area contributed by atoms with Crippen molar-refractivity contribution in [2.45, 2.75) is 13.0 Å². The summed E-state index contributed by atoms with van der Waals surface area (Å²) in [6.07, 6.45) is 5.34. The van der Waals surface area contributed by atoms with E-state index >= 15 is 0 Å². The van der Waals surface area contributed by atoms with Crippen LogP contribution in [0.2, 0.25) is 0 Å². The maximum atomic E-state index is 5.24. The molecular formula is C13H15N3O. The molecule has 0 aliphatic rings. The summed E-state index contributed by atoms with van der Waals surface area (Å²) >= 11 is 0. The summed E-state index contributed by atoms with van der Waals surface area (Å²) in [5, 5.41) is 3.30. The van der Waals surface area contributed by atoms with E-state index in [9.17, 15) is 0 Å². The van der Waals surface area contributed by atoms with Gasteiger partial charge in [0.1, 0.15) is 0 Å². The van der Waals surface area contributed by atoms with Gasteiger partial charge < -0.3 is 10.1 Å². The molecule has 0 amide bonds. The molecule has 1 N–H and O–H groups in total. The van der Waals surface area contributed by atoms with Gasteiger partial charge in [0.05, 0.1) is 13.2 Å². The highest BCUT2D eigenvalue weighted by Crippen LogP contribution is 2.24. The fourth-order valence-electron chi connectivity index (χ4n) is 1.58. The van der Waals surface area contributed by atoms with Crippen LogP contribution in [-0.2, 0) is 0 Å². The van der Waals surface area contributed by atoms with E-state index in [4.69, 9.17) is 4.74 Å². The minimum absolute atomic E-state index is 0.132. The molecule has 0 bridgehead atoms. The van der Waals surface area contributed by atoms with Crippen LogP contribution in [0.4, 0.5) is 5.82 Å². The Kier molecular flexibility index (Phi) is 3.55. The molecule has 2 heterocycles. The van der Waals surface area contributed by atoms with Crippen LogP contribution in [-0.4, -0.2) is 17.1 Å². The van der Waals surface area contributed by atoms with Gasteiger partial charge in [-0.15, -0.1) is 0 Å².